The van der Waals surface area contributed by atoms with Crippen LogP contribution in [-0.4, -0.2) is 23.6 Å². The summed E-state index contributed by atoms with van der Waals surface area (Å²) in [6.07, 6.45) is 0. The first-order chi connectivity index (χ1) is 10.7. The van der Waals surface area contributed by atoms with Gasteiger partial charge in [0, 0.05) is 11.1 Å². The number of benzene rings is 2. The van der Waals surface area contributed by atoms with E-state index in [0.717, 1.165) is 5.52 Å². The van der Waals surface area contributed by atoms with E-state index in [4.69, 9.17) is 20.8 Å². The second-order valence-electron chi connectivity index (χ2n) is 4.50. The minimum atomic E-state index is -0.0391. The van der Waals surface area contributed by atoms with Gasteiger partial charge >= 0.3 is 0 Å². The van der Waals surface area contributed by atoms with E-state index in [1.54, 1.807) is 37.4 Å². The maximum atomic E-state index is 12.3. The van der Waals surface area contributed by atoms with Gasteiger partial charge in [-0.2, -0.15) is 0 Å². The van der Waals surface area contributed by atoms with Crippen molar-refractivity contribution in [2.45, 2.75) is 5.22 Å². The molecule has 22 heavy (non-hydrogen) atoms. The van der Waals surface area contributed by atoms with Gasteiger partial charge in [-0.3, -0.25) is 4.79 Å². The fourth-order valence-corrected chi connectivity index (χ4v) is 2.90. The van der Waals surface area contributed by atoms with Crippen LogP contribution in [0, 0.1) is 0 Å². The highest BCUT2D eigenvalue weighted by molar-refractivity contribution is 7.99. The smallest absolute Gasteiger partial charge is 0.257 e. The van der Waals surface area contributed by atoms with E-state index in [-0.39, 0.29) is 11.5 Å². The minimum absolute atomic E-state index is 0.0391. The molecule has 3 aromatic rings. The highest BCUT2D eigenvalue weighted by Crippen LogP contribution is 2.27. The van der Waals surface area contributed by atoms with Gasteiger partial charge in [-0.1, -0.05) is 35.5 Å². The molecule has 0 saturated heterocycles. The molecule has 2 aromatic carbocycles. The van der Waals surface area contributed by atoms with E-state index in [1.807, 2.05) is 12.1 Å². The summed E-state index contributed by atoms with van der Waals surface area (Å²) in [5, 5.41) is 1.03. The molecule has 0 aliphatic heterocycles. The van der Waals surface area contributed by atoms with E-state index < -0.39 is 0 Å². The van der Waals surface area contributed by atoms with Crippen molar-refractivity contribution in [3.63, 3.8) is 0 Å². The molecule has 3 rings (SSSR count). The monoisotopic (exact) mass is 333 g/mol. The quantitative estimate of drug-likeness (QED) is 0.509. The van der Waals surface area contributed by atoms with Crippen molar-refractivity contribution in [2.24, 2.45) is 0 Å². The third-order valence-corrected chi connectivity index (χ3v) is 4.13. The van der Waals surface area contributed by atoms with Crippen LogP contribution in [0.4, 0.5) is 0 Å². The van der Waals surface area contributed by atoms with Crippen molar-refractivity contribution in [1.82, 2.24) is 4.98 Å². The van der Waals surface area contributed by atoms with Crippen molar-refractivity contribution < 1.29 is 13.9 Å². The number of ether oxygens (including phenoxy) is 1. The number of oxazole rings is 1. The lowest BCUT2D eigenvalue weighted by Crippen LogP contribution is -2.04. The fourth-order valence-electron chi connectivity index (χ4n) is 2.02. The van der Waals surface area contributed by atoms with Crippen molar-refractivity contribution in [2.75, 3.05) is 12.9 Å². The summed E-state index contributed by atoms with van der Waals surface area (Å²) in [6, 6.07) is 12.4. The number of para-hydroxylation sites is 1. The number of hydrogen-bond acceptors (Lipinski definition) is 5. The van der Waals surface area contributed by atoms with Crippen LogP contribution in [0.25, 0.3) is 11.1 Å². The predicted molar refractivity (Wildman–Crippen MR) is 87.1 cm³/mol. The average molecular weight is 334 g/mol. The fraction of sp³-hybridized carbons (Fsp3) is 0.125. The molecular formula is C16H12ClNO3S. The summed E-state index contributed by atoms with van der Waals surface area (Å²) in [5.41, 5.74) is 1.88. The van der Waals surface area contributed by atoms with Crippen LogP contribution in [0.1, 0.15) is 10.4 Å². The summed E-state index contributed by atoms with van der Waals surface area (Å²) in [4.78, 5) is 16.6. The molecule has 1 aromatic heterocycles. The van der Waals surface area contributed by atoms with E-state index in [1.165, 1.54) is 11.8 Å². The maximum absolute atomic E-state index is 12.3. The predicted octanol–water partition coefficient (Wildman–Crippen LogP) is 4.46. The molecule has 0 aliphatic rings. The number of ketones is 1. The average Bonchev–Trinajstić information content (AvgIpc) is 2.94. The highest BCUT2D eigenvalue weighted by Gasteiger charge is 2.14. The SMILES string of the molecule is COc1ccccc1C(=O)CSc1nc2ccc(Cl)cc2o1. The normalized spacial score (nSPS) is 10.8. The van der Waals surface area contributed by atoms with Crippen molar-refractivity contribution >= 4 is 40.2 Å². The topological polar surface area (TPSA) is 52.3 Å². The van der Waals surface area contributed by atoms with E-state index in [9.17, 15) is 4.79 Å². The zero-order valence-corrected chi connectivity index (χ0v) is 13.3. The Morgan fingerprint density at radius 1 is 1.32 bits per heavy atom. The number of nitrogens with zero attached hydrogens (tertiary/aromatic N) is 1. The molecule has 0 radical (unpaired) electrons. The standard InChI is InChI=1S/C16H12ClNO3S/c1-20-14-5-3-2-4-11(14)13(19)9-22-16-18-12-7-6-10(17)8-15(12)21-16/h2-8H,9H2,1H3. The molecule has 0 fully saturated rings. The number of rotatable bonds is 5. The summed E-state index contributed by atoms with van der Waals surface area (Å²) in [6.45, 7) is 0. The van der Waals surface area contributed by atoms with Crippen molar-refractivity contribution in [3.05, 3.63) is 53.1 Å². The Morgan fingerprint density at radius 3 is 2.95 bits per heavy atom. The highest BCUT2D eigenvalue weighted by atomic mass is 35.5. The molecule has 0 N–H and O–H groups in total. The summed E-state index contributed by atoms with van der Waals surface area (Å²) in [7, 11) is 1.55. The van der Waals surface area contributed by atoms with Crippen LogP contribution in [0.15, 0.2) is 52.1 Å². The van der Waals surface area contributed by atoms with Gasteiger partial charge in [-0.15, -0.1) is 0 Å². The number of thioether (sulfide) groups is 1. The van der Waals surface area contributed by atoms with Gasteiger partial charge in [-0.05, 0) is 24.3 Å². The molecule has 0 saturated carbocycles. The summed E-state index contributed by atoms with van der Waals surface area (Å²) < 4.78 is 10.8. The molecule has 0 bridgehead atoms. The first kappa shape index (κ1) is 14.9. The molecule has 1 heterocycles. The van der Waals surface area contributed by atoms with Crippen LogP contribution in [0.2, 0.25) is 5.02 Å². The molecule has 0 atom stereocenters. The lowest BCUT2D eigenvalue weighted by molar-refractivity contribution is 0.101. The second kappa shape index (κ2) is 6.42. The Kier molecular flexibility index (Phi) is 4.36. The Morgan fingerprint density at radius 2 is 2.14 bits per heavy atom. The summed E-state index contributed by atoms with van der Waals surface area (Å²) in [5.74, 6) is 0.751. The molecular weight excluding hydrogens is 322 g/mol. The van der Waals surface area contributed by atoms with Gasteiger partial charge in [0.2, 0.25) is 0 Å². The molecule has 112 valence electrons. The zero-order chi connectivity index (χ0) is 15.5. The second-order valence-corrected chi connectivity index (χ2v) is 5.87. The number of fused-ring (bicyclic) bond motifs is 1. The Balaban J connectivity index is 1.74. The molecule has 0 unspecified atom stereocenters. The minimum Gasteiger partial charge on any atom is -0.496 e. The number of carbonyl (C=O) groups excluding carboxylic acids is 1. The van der Waals surface area contributed by atoms with E-state index in [0.29, 0.717) is 27.1 Å². The van der Waals surface area contributed by atoms with Crippen LogP contribution in [0.3, 0.4) is 0 Å². The first-order valence-corrected chi connectivity index (χ1v) is 7.89. The lowest BCUT2D eigenvalue weighted by atomic mass is 10.1. The Hall–Kier alpha value is -1.98. The molecule has 0 aliphatic carbocycles. The van der Waals surface area contributed by atoms with Gasteiger partial charge in [-0.25, -0.2) is 4.98 Å². The van der Waals surface area contributed by atoms with E-state index >= 15 is 0 Å². The van der Waals surface area contributed by atoms with Gasteiger partial charge in [0.1, 0.15) is 11.3 Å². The Labute approximate surface area is 136 Å². The number of halogens is 1. The van der Waals surface area contributed by atoms with Crippen LogP contribution in [-0.2, 0) is 0 Å². The molecule has 4 nitrogen and oxygen atoms in total. The molecule has 6 heteroatoms. The number of methoxy groups -OCH3 is 1. The van der Waals surface area contributed by atoms with Crippen LogP contribution in [0.5, 0.6) is 5.75 Å². The van der Waals surface area contributed by atoms with Gasteiger partial charge < -0.3 is 9.15 Å². The van der Waals surface area contributed by atoms with Crippen molar-refractivity contribution in [1.29, 1.82) is 0 Å². The number of carbonyl (C=O) groups is 1. The van der Waals surface area contributed by atoms with Crippen molar-refractivity contribution in [3.8, 4) is 5.75 Å². The zero-order valence-electron chi connectivity index (χ0n) is 11.7. The van der Waals surface area contributed by atoms with E-state index in [2.05, 4.69) is 4.98 Å². The molecule has 0 amide bonds. The maximum Gasteiger partial charge on any atom is 0.257 e. The largest absolute Gasteiger partial charge is 0.496 e. The number of Topliss-reactive ketones (excluding diaryl/α,β-unsaturated/α-hetero) is 1. The number of hydrogen-bond donors (Lipinski definition) is 0. The molecule has 0 spiro atoms. The third-order valence-electron chi connectivity index (χ3n) is 3.06. The van der Waals surface area contributed by atoms with Crippen LogP contribution < -0.4 is 4.74 Å². The summed E-state index contributed by atoms with van der Waals surface area (Å²) >= 11 is 7.15. The Bertz CT molecular complexity index is 831. The number of aromatic nitrogens is 1. The van der Waals surface area contributed by atoms with Gasteiger partial charge in [0.05, 0.1) is 18.4 Å². The third kappa shape index (κ3) is 3.10. The van der Waals surface area contributed by atoms with Crippen LogP contribution >= 0.6 is 23.4 Å². The van der Waals surface area contributed by atoms with Gasteiger partial charge in [0.15, 0.2) is 11.4 Å². The lowest BCUT2D eigenvalue weighted by Gasteiger charge is -2.05. The first-order valence-electron chi connectivity index (χ1n) is 6.52. The van der Waals surface area contributed by atoms with Gasteiger partial charge in [0.25, 0.3) is 5.22 Å².